The summed E-state index contributed by atoms with van der Waals surface area (Å²) in [6.07, 6.45) is 5.75. The lowest BCUT2D eigenvalue weighted by atomic mass is 10.1. The highest BCUT2D eigenvalue weighted by Gasteiger charge is 2.34. The molecule has 2 aromatic heterocycles. The molecule has 7 nitrogen and oxygen atoms in total. The highest BCUT2D eigenvalue weighted by Crippen LogP contribution is 2.42. The van der Waals surface area contributed by atoms with E-state index in [2.05, 4.69) is 36.7 Å². The molecule has 30 heavy (non-hydrogen) atoms. The standard InChI is InChI=1S/C22H19BrN6O/c23-17-7-9-19(10-8-17)29-21(16-5-6-16)20(26-27-29)22(30)25-18-4-1-3-15(13-18)14-28-12-2-11-24-28/h1-4,7-13,16H,5-6,14H2,(H,25,30). The van der Waals surface area contributed by atoms with Crippen molar-refractivity contribution in [3.63, 3.8) is 0 Å². The first-order chi connectivity index (χ1) is 14.7. The summed E-state index contributed by atoms with van der Waals surface area (Å²) in [6.45, 7) is 0.643. The van der Waals surface area contributed by atoms with Crippen molar-refractivity contribution < 1.29 is 4.79 Å². The van der Waals surface area contributed by atoms with E-state index in [1.807, 2.05) is 65.5 Å². The maximum atomic E-state index is 13.0. The quantitative estimate of drug-likeness (QED) is 0.460. The summed E-state index contributed by atoms with van der Waals surface area (Å²) in [5, 5.41) is 15.7. The molecule has 1 saturated carbocycles. The number of hydrogen-bond donors (Lipinski definition) is 1. The Bertz CT molecular complexity index is 1180. The second-order valence-electron chi connectivity index (χ2n) is 7.34. The topological polar surface area (TPSA) is 77.6 Å². The summed E-state index contributed by atoms with van der Waals surface area (Å²) in [7, 11) is 0. The van der Waals surface area contributed by atoms with E-state index in [9.17, 15) is 4.79 Å². The van der Waals surface area contributed by atoms with E-state index in [1.54, 1.807) is 10.9 Å². The molecule has 8 heteroatoms. The van der Waals surface area contributed by atoms with Crippen LogP contribution in [0.25, 0.3) is 5.69 Å². The molecule has 1 aliphatic carbocycles. The Morgan fingerprint density at radius 3 is 2.70 bits per heavy atom. The summed E-state index contributed by atoms with van der Waals surface area (Å²) >= 11 is 3.45. The molecule has 1 amide bonds. The third-order valence-corrected chi connectivity index (χ3v) is 5.57. The summed E-state index contributed by atoms with van der Waals surface area (Å²) in [5.41, 5.74) is 3.94. The van der Waals surface area contributed by atoms with E-state index in [0.29, 0.717) is 18.2 Å². The van der Waals surface area contributed by atoms with Gasteiger partial charge in [0.05, 0.1) is 17.9 Å². The van der Waals surface area contributed by atoms with E-state index < -0.39 is 0 Å². The molecule has 1 aliphatic rings. The molecule has 0 saturated heterocycles. The van der Waals surface area contributed by atoms with Crippen LogP contribution in [0.2, 0.25) is 0 Å². The average molecular weight is 463 g/mol. The van der Waals surface area contributed by atoms with Crippen molar-refractivity contribution in [1.82, 2.24) is 24.8 Å². The molecule has 0 bridgehead atoms. The van der Waals surface area contributed by atoms with Crippen molar-refractivity contribution in [2.45, 2.75) is 25.3 Å². The van der Waals surface area contributed by atoms with Gasteiger partial charge in [-0.3, -0.25) is 9.48 Å². The fraction of sp³-hybridized carbons (Fsp3) is 0.182. The van der Waals surface area contributed by atoms with Crippen molar-refractivity contribution in [1.29, 1.82) is 0 Å². The molecule has 1 N–H and O–H groups in total. The highest BCUT2D eigenvalue weighted by molar-refractivity contribution is 9.10. The molecule has 5 rings (SSSR count). The molecule has 1 fully saturated rings. The average Bonchev–Trinajstić information content (AvgIpc) is 3.27. The molecule has 0 unspecified atom stereocenters. The van der Waals surface area contributed by atoms with Crippen molar-refractivity contribution in [3.05, 3.63) is 88.4 Å². The second-order valence-corrected chi connectivity index (χ2v) is 8.26. The molecule has 2 heterocycles. The summed E-state index contributed by atoms with van der Waals surface area (Å²) in [6, 6.07) is 17.5. The number of benzene rings is 2. The largest absolute Gasteiger partial charge is 0.321 e. The maximum absolute atomic E-state index is 13.0. The predicted octanol–water partition coefficient (Wildman–Crippen LogP) is 4.40. The molecule has 0 atom stereocenters. The van der Waals surface area contributed by atoms with E-state index in [4.69, 9.17) is 0 Å². The second kappa shape index (κ2) is 7.87. The minimum Gasteiger partial charge on any atom is -0.321 e. The van der Waals surface area contributed by atoms with Gasteiger partial charge in [0.2, 0.25) is 0 Å². The lowest BCUT2D eigenvalue weighted by Gasteiger charge is -2.09. The minimum atomic E-state index is -0.239. The molecule has 0 aliphatic heterocycles. The van der Waals surface area contributed by atoms with E-state index in [-0.39, 0.29) is 5.91 Å². The Morgan fingerprint density at radius 2 is 1.97 bits per heavy atom. The van der Waals surface area contributed by atoms with Crippen LogP contribution in [0.3, 0.4) is 0 Å². The van der Waals surface area contributed by atoms with Crippen LogP contribution in [0.15, 0.2) is 71.5 Å². The van der Waals surface area contributed by atoms with Crippen LogP contribution in [-0.2, 0) is 6.54 Å². The number of carbonyl (C=O) groups excluding carboxylic acids is 1. The lowest BCUT2D eigenvalue weighted by Crippen LogP contribution is -2.15. The summed E-state index contributed by atoms with van der Waals surface area (Å²) in [5.74, 6) is 0.0760. The Morgan fingerprint density at radius 1 is 1.13 bits per heavy atom. The molecule has 2 aromatic carbocycles. The zero-order valence-electron chi connectivity index (χ0n) is 16.1. The monoisotopic (exact) mass is 462 g/mol. The molecule has 0 radical (unpaired) electrons. The van der Waals surface area contributed by atoms with E-state index in [1.165, 1.54) is 0 Å². The Hall–Kier alpha value is -3.26. The fourth-order valence-corrected chi connectivity index (χ4v) is 3.73. The first kappa shape index (κ1) is 18.7. The first-order valence-electron chi connectivity index (χ1n) is 9.76. The van der Waals surface area contributed by atoms with Gasteiger partial charge in [-0.25, -0.2) is 4.68 Å². The minimum absolute atomic E-state index is 0.239. The SMILES string of the molecule is O=C(Nc1cccc(Cn2cccn2)c1)c1nnn(-c2ccc(Br)cc2)c1C1CC1. The van der Waals surface area contributed by atoms with Gasteiger partial charge in [-0.05, 0) is 60.9 Å². The Balaban J connectivity index is 1.40. The predicted molar refractivity (Wildman–Crippen MR) is 117 cm³/mol. The van der Waals surface area contributed by atoms with Crippen molar-refractivity contribution in [2.75, 3.05) is 5.32 Å². The zero-order chi connectivity index (χ0) is 20.5. The van der Waals surface area contributed by atoms with Crippen molar-refractivity contribution in [3.8, 4) is 5.69 Å². The van der Waals surface area contributed by atoms with Gasteiger partial charge in [0.1, 0.15) is 0 Å². The molecular formula is C22H19BrN6O. The Labute approximate surface area is 181 Å². The smallest absolute Gasteiger partial charge is 0.278 e. The molecule has 150 valence electrons. The molecule has 4 aromatic rings. The number of amides is 1. The Kier molecular flexibility index (Phi) is 4.92. The van der Waals surface area contributed by atoms with Gasteiger partial charge in [-0.2, -0.15) is 5.10 Å². The first-order valence-corrected chi connectivity index (χ1v) is 10.6. The van der Waals surface area contributed by atoms with Gasteiger partial charge in [-0.15, -0.1) is 5.10 Å². The van der Waals surface area contributed by atoms with Crippen LogP contribution in [0.5, 0.6) is 0 Å². The fourth-order valence-electron chi connectivity index (χ4n) is 3.47. The number of rotatable bonds is 6. The van der Waals surface area contributed by atoms with E-state index in [0.717, 1.165) is 39.9 Å². The zero-order valence-corrected chi connectivity index (χ0v) is 17.7. The van der Waals surface area contributed by atoms with Gasteiger partial charge < -0.3 is 5.32 Å². The van der Waals surface area contributed by atoms with Crippen LogP contribution in [-0.4, -0.2) is 30.7 Å². The number of hydrogen-bond acceptors (Lipinski definition) is 4. The summed E-state index contributed by atoms with van der Waals surface area (Å²) in [4.78, 5) is 13.0. The molecular weight excluding hydrogens is 444 g/mol. The maximum Gasteiger partial charge on any atom is 0.278 e. The van der Waals surface area contributed by atoms with E-state index >= 15 is 0 Å². The normalized spacial score (nSPS) is 13.4. The number of nitrogens with one attached hydrogen (secondary N) is 1. The van der Waals surface area contributed by atoms with Gasteiger partial charge in [0, 0.05) is 28.5 Å². The number of halogens is 1. The number of carbonyl (C=O) groups is 1. The van der Waals surface area contributed by atoms with Crippen LogP contribution < -0.4 is 5.32 Å². The summed E-state index contributed by atoms with van der Waals surface area (Å²) < 4.78 is 4.62. The highest BCUT2D eigenvalue weighted by atomic mass is 79.9. The number of aromatic nitrogens is 5. The van der Waals surface area contributed by atoms with Gasteiger partial charge in [0.25, 0.3) is 5.91 Å². The molecule has 0 spiro atoms. The van der Waals surface area contributed by atoms with Crippen molar-refractivity contribution in [2.24, 2.45) is 0 Å². The van der Waals surface area contributed by atoms with Crippen LogP contribution >= 0.6 is 15.9 Å². The van der Waals surface area contributed by atoms with Gasteiger partial charge in [0.15, 0.2) is 5.69 Å². The van der Waals surface area contributed by atoms with Crippen LogP contribution in [0.4, 0.5) is 5.69 Å². The lowest BCUT2D eigenvalue weighted by molar-refractivity contribution is 0.102. The van der Waals surface area contributed by atoms with Crippen LogP contribution in [0.1, 0.15) is 40.5 Å². The third kappa shape index (κ3) is 3.91. The number of nitrogens with zero attached hydrogens (tertiary/aromatic N) is 5. The van der Waals surface area contributed by atoms with Gasteiger partial charge >= 0.3 is 0 Å². The number of anilines is 1. The third-order valence-electron chi connectivity index (χ3n) is 5.04. The van der Waals surface area contributed by atoms with Gasteiger partial charge in [-0.1, -0.05) is 33.3 Å². The van der Waals surface area contributed by atoms with Crippen molar-refractivity contribution >= 4 is 27.5 Å². The van der Waals surface area contributed by atoms with Crippen LogP contribution in [0, 0.1) is 0 Å².